The van der Waals surface area contributed by atoms with Crippen LogP contribution in [0.2, 0.25) is 0 Å². The highest BCUT2D eigenvalue weighted by Gasteiger charge is 2.35. The molecule has 1 aliphatic rings. The van der Waals surface area contributed by atoms with Gasteiger partial charge < -0.3 is 19.5 Å². The molecule has 0 spiro atoms. The fourth-order valence-electron chi connectivity index (χ4n) is 4.09. The maximum atomic E-state index is 11.6. The summed E-state index contributed by atoms with van der Waals surface area (Å²) in [6.07, 6.45) is 1.53. The summed E-state index contributed by atoms with van der Waals surface area (Å²) in [7, 11) is 0. The molecular weight excluding hydrogens is 424 g/mol. The summed E-state index contributed by atoms with van der Waals surface area (Å²) in [5.41, 5.74) is 5.14. The van der Waals surface area contributed by atoms with E-state index in [1.165, 1.54) is 6.07 Å². The van der Waals surface area contributed by atoms with Crippen LogP contribution in [0.25, 0.3) is 17.2 Å². The van der Waals surface area contributed by atoms with Crippen molar-refractivity contribution in [3.05, 3.63) is 76.0 Å². The van der Waals surface area contributed by atoms with Gasteiger partial charge in [-0.15, -0.1) is 5.10 Å². The number of H-pyrrole nitrogens is 1. The van der Waals surface area contributed by atoms with Crippen LogP contribution in [0.15, 0.2) is 54.7 Å². The molecule has 0 radical (unpaired) electrons. The number of ether oxygens (including phenoxy) is 1. The Morgan fingerprint density at radius 2 is 2.03 bits per heavy atom. The van der Waals surface area contributed by atoms with Gasteiger partial charge in [-0.2, -0.15) is 0 Å². The first-order chi connectivity index (χ1) is 16.0. The lowest BCUT2D eigenvalue weighted by Gasteiger charge is -2.26. The van der Waals surface area contributed by atoms with Crippen LogP contribution >= 0.6 is 0 Å². The van der Waals surface area contributed by atoms with Gasteiger partial charge in [0.05, 0.1) is 16.3 Å². The summed E-state index contributed by atoms with van der Waals surface area (Å²) < 4.78 is 7.84. The molecular formula is C22H22N8O3. The monoisotopic (exact) mass is 446 g/mol. The molecule has 1 unspecified atom stereocenters. The Balaban J connectivity index is 1.45. The van der Waals surface area contributed by atoms with Crippen molar-refractivity contribution < 1.29 is 9.66 Å². The number of aromatic nitrogens is 5. The van der Waals surface area contributed by atoms with Crippen molar-refractivity contribution in [2.24, 2.45) is 0 Å². The highest BCUT2D eigenvalue weighted by molar-refractivity contribution is 5.83. The highest BCUT2D eigenvalue weighted by Crippen LogP contribution is 2.43. The summed E-state index contributed by atoms with van der Waals surface area (Å²) in [6, 6.07) is 15.0. The summed E-state index contributed by atoms with van der Waals surface area (Å²) >= 11 is 0. The Hall–Kier alpha value is -4.25. The van der Waals surface area contributed by atoms with E-state index < -0.39 is 6.35 Å². The van der Waals surface area contributed by atoms with Crippen molar-refractivity contribution in [3.63, 3.8) is 0 Å². The third-order valence-corrected chi connectivity index (χ3v) is 5.50. The van der Waals surface area contributed by atoms with Gasteiger partial charge in [0.2, 0.25) is 6.35 Å². The number of aryl methyl sites for hydroxylation is 1. The molecule has 11 nitrogen and oxygen atoms in total. The van der Waals surface area contributed by atoms with Crippen LogP contribution in [-0.4, -0.2) is 43.1 Å². The lowest BCUT2D eigenvalue weighted by Crippen LogP contribution is -2.37. The first kappa shape index (κ1) is 20.6. The van der Waals surface area contributed by atoms with Gasteiger partial charge in [0, 0.05) is 31.1 Å². The zero-order valence-corrected chi connectivity index (χ0v) is 18.1. The average Bonchev–Trinajstić information content (AvgIpc) is 3.54. The van der Waals surface area contributed by atoms with Gasteiger partial charge in [0.15, 0.2) is 5.82 Å². The predicted octanol–water partition coefficient (Wildman–Crippen LogP) is 3.63. The molecule has 0 saturated heterocycles. The van der Waals surface area contributed by atoms with Gasteiger partial charge in [-0.1, -0.05) is 18.2 Å². The Morgan fingerprint density at radius 3 is 2.73 bits per heavy atom. The third kappa shape index (κ3) is 3.78. The quantitative estimate of drug-likeness (QED) is 0.325. The second-order valence-corrected chi connectivity index (χ2v) is 7.70. The summed E-state index contributed by atoms with van der Waals surface area (Å²) in [6.45, 7) is 4.82. The Labute approximate surface area is 189 Å². The van der Waals surface area contributed by atoms with Crippen LogP contribution < -0.4 is 10.2 Å². The number of nitrogens with one attached hydrogen (secondary N) is 2. The van der Waals surface area contributed by atoms with E-state index in [4.69, 9.17) is 4.74 Å². The number of tetrazole rings is 1. The van der Waals surface area contributed by atoms with E-state index in [0.717, 1.165) is 22.5 Å². The Kier molecular flexibility index (Phi) is 5.23. The van der Waals surface area contributed by atoms with Gasteiger partial charge in [-0.3, -0.25) is 10.1 Å². The maximum Gasteiger partial charge on any atom is 0.294 e. The van der Waals surface area contributed by atoms with Crippen LogP contribution in [0.3, 0.4) is 0 Å². The number of nitro benzene ring substituents is 1. The molecule has 0 aliphatic carbocycles. The van der Waals surface area contributed by atoms with E-state index in [1.807, 2.05) is 65.9 Å². The van der Waals surface area contributed by atoms with Crippen molar-refractivity contribution in [2.75, 3.05) is 16.8 Å². The first-order valence-corrected chi connectivity index (χ1v) is 10.5. The van der Waals surface area contributed by atoms with Gasteiger partial charge in [0.25, 0.3) is 5.69 Å². The number of aromatic amines is 1. The zero-order valence-electron chi connectivity index (χ0n) is 18.1. The minimum Gasteiger partial charge on any atom is -0.341 e. The molecule has 2 aromatic heterocycles. The molecule has 4 aromatic rings. The lowest BCUT2D eigenvalue weighted by molar-refractivity contribution is -0.384. The molecule has 2 N–H and O–H groups in total. The van der Waals surface area contributed by atoms with Crippen LogP contribution in [0.5, 0.6) is 0 Å². The van der Waals surface area contributed by atoms with Gasteiger partial charge >= 0.3 is 0 Å². The third-order valence-electron chi connectivity index (χ3n) is 5.50. The van der Waals surface area contributed by atoms with Gasteiger partial charge in [-0.05, 0) is 59.7 Å². The molecule has 0 bridgehead atoms. The van der Waals surface area contributed by atoms with Crippen LogP contribution in [-0.2, 0) is 11.3 Å². The van der Waals surface area contributed by atoms with Crippen molar-refractivity contribution in [3.8, 4) is 17.2 Å². The molecule has 5 rings (SSSR count). The van der Waals surface area contributed by atoms with E-state index in [-0.39, 0.29) is 10.6 Å². The van der Waals surface area contributed by atoms with Crippen LogP contribution in [0.4, 0.5) is 17.1 Å². The zero-order chi connectivity index (χ0) is 22.9. The number of nitrogens with zero attached hydrogens (tertiary/aromatic N) is 6. The highest BCUT2D eigenvalue weighted by atomic mass is 16.6. The number of benzene rings is 2. The number of fused-ring (bicyclic) bond motifs is 1. The van der Waals surface area contributed by atoms with E-state index >= 15 is 0 Å². The van der Waals surface area contributed by atoms with Crippen molar-refractivity contribution in [1.82, 2.24) is 25.2 Å². The molecule has 11 heteroatoms. The molecule has 0 amide bonds. The number of hydrogen-bond donors (Lipinski definition) is 2. The normalized spacial score (nSPS) is 14.8. The van der Waals surface area contributed by atoms with Crippen LogP contribution in [0.1, 0.15) is 18.1 Å². The van der Waals surface area contributed by atoms with E-state index in [0.29, 0.717) is 30.4 Å². The van der Waals surface area contributed by atoms with E-state index in [9.17, 15) is 10.1 Å². The predicted molar refractivity (Wildman–Crippen MR) is 122 cm³/mol. The maximum absolute atomic E-state index is 11.6. The lowest BCUT2D eigenvalue weighted by atomic mass is 10.1. The number of rotatable bonds is 7. The molecule has 3 heterocycles. The van der Waals surface area contributed by atoms with Crippen molar-refractivity contribution in [1.29, 1.82) is 0 Å². The van der Waals surface area contributed by atoms with Crippen molar-refractivity contribution in [2.45, 2.75) is 26.7 Å². The number of anilines is 2. The van der Waals surface area contributed by atoms with Gasteiger partial charge in [0.1, 0.15) is 5.69 Å². The SMILES string of the molecule is CCOC1Nc2cccc([N+](=O)[O-])c2N1Cc1ccc(-n2cc(C)cc2-c2nnn[nH]2)cc1. The number of para-hydroxylation sites is 1. The summed E-state index contributed by atoms with van der Waals surface area (Å²) in [4.78, 5) is 13.2. The summed E-state index contributed by atoms with van der Waals surface area (Å²) in [5, 5.41) is 29.0. The molecule has 0 fully saturated rings. The molecule has 0 saturated carbocycles. The Bertz CT molecular complexity index is 1280. The topological polar surface area (TPSA) is 127 Å². The standard InChI is InChI=1S/C22H22N8O3/c1-3-33-22-23-17-5-4-6-18(30(31)32)20(17)29(22)13-15-7-9-16(10-8-15)28-12-14(2)11-19(28)21-24-26-27-25-21/h4-12,22-23H,3,13H2,1-2H3,(H,24,25,26,27). The van der Waals surface area contributed by atoms with Crippen LogP contribution in [0, 0.1) is 17.0 Å². The minimum atomic E-state index is -0.483. The van der Waals surface area contributed by atoms with Gasteiger partial charge in [-0.25, -0.2) is 5.10 Å². The molecule has 2 aromatic carbocycles. The summed E-state index contributed by atoms with van der Waals surface area (Å²) in [5.74, 6) is 0.582. The fraction of sp³-hybridized carbons (Fsp3) is 0.227. The van der Waals surface area contributed by atoms with E-state index in [2.05, 4.69) is 25.9 Å². The molecule has 1 atom stereocenters. The molecule has 168 valence electrons. The average molecular weight is 446 g/mol. The second-order valence-electron chi connectivity index (χ2n) is 7.70. The second kappa shape index (κ2) is 8.36. The number of nitro groups is 1. The molecule has 33 heavy (non-hydrogen) atoms. The first-order valence-electron chi connectivity index (χ1n) is 10.5. The van der Waals surface area contributed by atoms with Crippen molar-refractivity contribution >= 4 is 17.1 Å². The minimum absolute atomic E-state index is 0.0481. The molecule has 1 aliphatic heterocycles. The van der Waals surface area contributed by atoms with E-state index in [1.54, 1.807) is 6.07 Å². The smallest absolute Gasteiger partial charge is 0.294 e. The largest absolute Gasteiger partial charge is 0.341 e. The number of hydrogen-bond acceptors (Lipinski definition) is 8. The Morgan fingerprint density at radius 1 is 1.21 bits per heavy atom. The fourth-order valence-corrected chi connectivity index (χ4v) is 4.09.